The highest BCUT2D eigenvalue weighted by Gasteiger charge is 2.19. The van der Waals surface area contributed by atoms with E-state index in [1.54, 1.807) is 6.07 Å². The first kappa shape index (κ1) is 18.0. The molecule has 0 atom stereocenters. The second kappa shape index (κ2) is 7.48. The maximum absolute atomic E-state index is 11.9. The monoisotopic (exact) mass is 387 g/mol. The molecule has 0 radical (unpaired) electrons. The molecule has 2 amide bonds. The molecule has 0 aromatic heterocycles. The van der Waals surface area contributed by atoms with Crippen molar-refractivity contribution in [2.45, 2.75) is 0 Å². The summed E-state index contributed by atoms with van der Waals surface area (Å²) < 4.78 is 0. The van der Waals surface area contributed by atoms with Gasteiger partial charge in [0, 0.05) is 12.1 Å². The lowest BCUT2D eigenvalue weighted by Crippen LogP contribution is -2.29. The molecule has 2 aromatic carbocycles. The Labute approximate surface area is 150 Å². The molecule has 2 aromatic rings. The largest absolute Gasteiger partial charge is 0.316 e. The van der Waals surface area contributed by atoms with Crippen molar-refractivity contribution in [3.63, 3.8) is 0 Å². The van der Waals surface area contributed by atoms with Crippen molar-refractivity contribution in [3.8, 4) is 0 Å². The number of nitro groups is 1. The number of carbonyl (C=O) groups excluding carboxylic acids is 2. The van der Waals surface area contributed by atoms with Gasteiger partial charge in [-0.05, 0) is 18.2 Å². The van der Waals surface area contributed by atoms with Gasteiger partial charge in [-0.2, -0.15) is 0 Å². The number of nitro benzene ring substituents is 1. The number of nitrogens with zero attached hydrogens (tertiary/aromatic N) is 1. The Balaban J connectivity index is 2.17. The summed E-state index contributed by atoms with van der Waals surface area (Å²) in [7, 11) is 0. The molecule has 2 N–H and O–H groups in total. The van der Waals surface area contributed by atoms with E-state index >= 15 is 0 Å². The van der Waals surface area contributed by atoms with Crippen LogP contribution in [0.2, 0.25) is 15.1 Å². The van der Waals surface area contributed by atoms with Gasteiger partial charge < -0.3 is 10.6 Å². The molecule has 0 saturated heterocycles. The Kier molecular flexibility index (Phi) is 5.61. The second-order valence-electron chi connectivity index (χ2n) is 4.43. The van der Waals surface area contributed by atoms with Crippen molar-refractivity contribution in [1.29, 1.82) is 0 Å². The number of hydrogen-bond donors (Lipinski definition) is 2. The van der Waals surface area contributed by atoms with Crippen molar-refractivity contribution in [2.75, 3.05) is 10.6 Å². The number of para-hydroxylation sites is 1. The van der Waals surface area contributed by atoms with Crippen LogP contribution in [0.4, 0.5) is 17.1 Å². The molecule has 0 unspecified atom stereocenters. The van der Waals surface area contributed by atoms with Crippen molar-refractivity contribution in [1.82, 2.24) is 0 Å². The number of non-ortho nitro benzene ring substituents is 1. The predicted octanol–water partition coefficient (Wildman–Crippen LogP) is 4.13. The van der Waals surface area contributed by atoms with Crippen LogP contribution in [-0.2, 0) is 9.59 Å². The highest BCUT2D eigenvalue weighted by Crippen LogP contribution is 2.30. The number of hydrogen-bond acceptors (Lipinski definition) is 4. The van der Waals surface area contributed by atoms with E-state index in [0.29, 0.717) is 0 Å². The molecule has 0 spiro atoms. The summed E-state index contributed by atoms with van der Waals surface area (Å²) in [6.45, 7) is 0. The lowest BCUT2D eigenvalue weighted by molar-refractivity contribution is -0.384. The van der Waals surface area contributed by atoms with Gasteiger partial charge in [-0.1, -0.05) is 40.9 Å². The van der Waals surface area contributed by atoms with Crippen LogP contribution in [0.25, 0.3) is 0 Å². The van der Waals surface area contributed by atoms with Crippen molar-refractivity contribution in [2.24, 2.45) is 0 Å². The zero-order valence-electron chi connectivity index (χ0n) is 11.7. The zero-order valence-corrected chi connectivity index (χ0v) is 13.9. The molecule has 2 rings (SSSR count). The van der Waals surface area contributed by atoms with E-state index in [1.807, 2.05) is 0 Å². The third-order valence-electron chi connectivity index (χ3n) is 2.82. The molecule has 0 aliphatic rings. The van der Waals surface area contributed by atoms with Crippen LogP contribution in [0, 0.1) is 10.1 Å². The van der Waals surface area contributed by atoms with Gasteiger partial charge >= 0.3 is 11.8 Å². The molecule has 24 heavy (non-hydrogen) atoms. The molecule has 0 heterocycles. The normalized spacial score (nSPS) is 10.1. The van der Waals surface area contributed by atoms with E-state index in [2.05, 4.69) is 10.6 Å². The average Bonchev–Trinajstić information content (AvgIpc) is 2.52. The number of benzene rings is 2. The Hall–Kier alpha value is -2.35. The fourth-order valence-corrected chi connectivity index (χ4v) is 2.35. The quantitative estimate of drug-likeness (QED) is 0.469. The number of nitrogens with one attached hydrogen (secondary N) is 2. The van der Waals surface area contributed by atoms with Crippen molar-refractivity contribution in [3.05, 3.63) is 61.6 Å². The number of amides is 2. The van der Waals surface area contributed by atoms with E-state index < -0.39 is 16.7 Å². The van der Waals surface area contributed by atoms with Gasteiger partial charge in [-0.3, -0.25) is 19.7 Å². The van der Waals surface area contributed by atoms with E-state index in [1.165, 1.54) is 24.3 Å². The third kappa shape index (κ3) is 4.14. The number of halogens is 3. The molecular weight excluding hydrogens is 381 g/mol. The third-order valence-corrected chi connectivity index (χ3v) is 3.78. The molecule has 10 heteroatoms. The molecule has 0 saturated carbocycles. The average molecular weight is 389 g/mol. The minimum absolute atomic E-state index is 0.0394. The van der Waals surface area contributed by atoms with Gasteiger partial charge in [0.2, 0.25) is 0 Å². The highest BCUT2D eigenvalue weighted by molar-refractivity contribution is 6.47. The lowest BCUT2D eigenvalue weighted by atomic mass is 10.2. The Morgan fingerprint density at radius 2 is 1.50 bits per heavy atom. The minimum atomic E-state index is -1.09. The molecule has 0 fully saturated rings. The first-order chi connectivity index (χ1) is 11.3. The maximum Gasteiger partial charge on any atom is 0.314 e. The van der Waals surface area contributed by atoms with Gasteiger partial charge in [0.05, 0.1) is 31.4 Å². The molecule has 124 valence electrons. The SMILES string of the molecule is O=C(Nc1cc([N+](=O)[O-])ccc1Cl)C(=O)Nc1c(Cl)cccc1Cl. The van der Waals surface area contributed by atoms with Gasteiger partial charge in [0.15, 0.2) is 0 Å². The Morgan fingerprint density at radius 3 is 2.08 bits per heavy atom. The second-order valence-corrected chi connectivity index (χ2v) is 5.65. The van der Waals surface area contributed by atoms with Crippen LogP contribution >= 0.6 is 34.8 Å². The fourth-order valence-electron chi connectivity index (χ4n) is 1.69. The lowest BCUT2D eigenvalue weighted by Gasteiger charge is -2.10. The summed E-state index contributed by atoms with van der Waals surface area (Å²) in [5.74, 6) is -2.15. The summed E-state index contributed by atoms with van der Waals surface area (Å²) >= 11 is 17.6. The molecular formula is C14H8Cl3N3O4. The van der Waals surface area contributed by atoms with Crippen molar-refractivity contribution >= 4 is 63.7 Å². The van der Waals surface area contributed by atoms with E-state index in [9.17, 15) is 19.7 Å². The van der Waals surface area contributed by atoms with Gasteiger partial charge in [0.25, 0.3) is 5.69 Å². The molecule has 0 bridgehead atoms. The summed E-state index contributed by atoms with van der Waals surface area (Å²) in [5, 5.41) is 15.5. The predicted molar refractivity (Wildman–Crippen MR) is 91.8 cm³/mol. The van der Waals surface area contributed by atoms with Crippen LogP contribution < -0.4 is 10.6 Å². The first-order valence-corrected chi connectivity index (χ1v) is 7.43. The fraction of sp³-hybridized carbons (Fsp3) is 0. The first-order valence-electron chi connectivity index (χ1n) is 6.30. The topological polar surface area (TPSA) is 101 Å². The van der Waals surface area contributed by atoms with Crippen LogP contribution in [0.15, 0.2) is 36.4 Å². The van der Waals surface area contributed by atoms with Crippen LogP contribution in [0.3, 0.4) is 0 Å². The van der Waals surface area contributed by atoms with Gasteiger partial charge in [-0.25, -0.2) is 0 Å². The summed E-state index contributed by atoms with van der Waals surface area (Å²) in [6, 6.07) is 7.98. The van der Waals surface area contributed by atoms with Gasteiger partial charge in [-0.15, -0.1) is 0 Å². The molecule has 0 aliphatic heterocycles. The summed E-state index contributed by atoms with van der Waals surface area (Å²) in [5.41, 5.74) is -0.286. The van der Waals surface area contributed by atoms with Crippen LogP contribution in [0.5, 0.6) is 0 Å². The highest BCUT2D eigenvalue weighted by atomic mass is 35.5. The maximum atomic E-state index is 11.9. The number of rotatable bonds is 3. The van der Waals surface area contributed by atoms with Gasteiger partial charge in [0.1, 0.15) is 0 Å². The van der Waals surface area contributed by atoms with Crippen LogP contribution in [0.1, 0.15) is 0 Å². The van der Waals surface area contributed by atoms with E-state index in [-0.39, 0.29) is 32.1 Å². The summed E-state index contributed by atoms with van der Waals surface area (Å²) in [4.78, 5) is 34.0. The van der Waals surface area contributed by atoms with E-state index in [4.69, 9.17) is 34.8 Å². The smallest absolute Gasteiger partial charge is 0.314 e. The minimum Gasteiger partial charge on any atom is -0.316 e. The number of anilines is 2. The standard InChI is InChI=1S/C14H8Cl3N3O4/c15-8-5-4-7(20(23)24)6-11(8)18-13(21)14(22)19-12-9(16)2-1-3-10(12)17/h1-6H,(H,18,21)(H,19,22). The zero-order chi connectivity index (χ0) is 17.9. The van der Waals surface area contributed by atoms with E-state index in [0.717, 1.165) is 6.07 Å². The molecule has 0 aliphatic carbocycles. The van der Waals surface area contributed by atoms with Crippen LogP contribution in [-0.4, -0.2) is 16.7 Å². The Morgan fingerprint density at radius 1 is 0.917 bits per heavy atom. The Bertz CT molecular complexity index is 822. The summed E-state index contributed by atoms with van der Waals surface area (Å²) in [6.07, 6.45) is 0. The number of carbonyl (C=O) groups is 2. The van der Waals surface area contributed by atoms with Crippen molar-refractivity contribution < 1.29 is 14.5 Å². The molecule has 7 nitrogen and oxygen atoms in total.